The van der Waals surface area contributed by atoms with Gasteiger partial charge >= 0.3 is 0 Å². The van der Waals surface area contributed by atoms with Crippen molar-refractivity contribution in [2.24, 2.45) is 0 Å². The van der Waals surface area contributed by atoms with Crippen LogP contribution in [-0.2, 0) is 17.8 Å². The quantitative estimate of drug-likeness (QED) is 0.871. The van der Waals surface area contributed by atoms with E-state index in [1.165, 1.54) is 11.1 Å². The molecule has 0 bridgehead atoms. The third-order valence-corrected chi connectivity index (χ3v) is 5.25. The van der Waals surface area contributed by atoms with Crippen molar-refractivity contribution in [2.45, 2.75) is 25.2 Å². The number of rotatable bonds is 5. The molecule has 6 nitrogen and oxygen atoms in total. The second-order valence-electron chi connectivity index (χ2n) is 6.95. The van der Waals surface area contributed by atoms with Gasteiger partial charge in [0.25, 0.3) is 0 Å². The van der Waals surface area contributed by atoms with E-state index in [1.54, 1.807) is 0 Å². The first kappa shape index (κ1) is 16.7. The molecule has 0 saturated carbocycles. The largest absolute Gasteiger partial charge is 0.390 e. The summed E-state index contributed by atoms with van der Waals surface area (Å²) >= 11 is 0. The highest BCUT2D eigenvalue weighted by Gasteiger charge is 2.36. The second kappa shape index (κ2) is 7.66. The number of aliphatic hydroxyl groups excluding tert-OH is 1. The molecule has 134 valence electrons. The highest BCUT2D eigenvalue weighted by atomic mass is 16.5. The van der Waals surface area contributed by atoms with Crippen LogP contribution < -0.4 is 0 Å². The first-order valence-corrected chi connectivity index (χ1v) is 9.06. The molecule has 0 radical (unpaired) electrons. The molecule has 2 atom stereocenters. The van der Waals surface area contributed by atoms with Crippen LogP contribution in [0.3, 0.4) is 0 Å². The third kappa shape index (κ3) is 3.93. The van der Waals surface area contributed by atoms with E-state index in [9.17, 15) is 5.11 Å². The van der Waals surface area contributed by atoms with Gasteiger partial charge in [-0.25, -0.2) is 0 Å². The Kier molecular flexibility index (Phi) is 5.12. The monoisotopic (exact) mass is 342 g/mol. The molecule has 6 heteroatoms. The van der Waals surface area contributed by atoms with E-state index in [2.05, 4.69) is 39.2 Å². The normalized spacial score (nSPS) is 25.5. The van der Waals surface area contributed by atoms with Crippen molar-refractivity contribution in [1.29, 1.82) is 0 Å². The smallest absolute Gasteiger partial charge is 0.0834 e. The summed E-state index contributed by atoms with van der Waals surface area (Å²) in [5, 5.41) is 14.8. The Hall–Kier alpha value is -1.73. The van der Waals surface area contributed by atoms with E-state index in [-0.39, 0.29) is 12.1 Å². The number of morpholine rings is 1. The highest BCUT2D eigenvalue weighted by Crippen LogP contribution is 2.21. The lowest BCUT2D eigenvalue weighted by Crippen LogP contribution is -2.48. The number of nitrogens with zero attached hydrogens (tertiary/aromatic N) is 4. The number of hydrogen-bond acceptors (Lipinski definition) is 5. The predicted octanol–water partition coefficient (Wildman–Crippen LogP) is 0.809. The summed E-state index contributed by atoms with van der Waals surface area (Å²) < 4.78 is 7.39. The number of likely N-dealkylation sites (tertiary alicyclic amines) is 1. The van der Waals surface area contributed by atoms with E-state index in [4.69, 9.17) is 4.74 Å². The lowest BCUT2D eigenvalue weighted by atomic mass is 10.1. The maximum atomic E-state index is 10.5. The molecular formula is C19H26N4O2. The van der Waals surface area contributed by atoms with Gasteiger partial charge in [0.2, 0.25) is 0 Å². The predicted molar refractivity (Wildman–Crippen MR) is 95.2 cm³/mol. The van der Waals surface area contributed by atoms with Crippen molar-refractivity contribution in [1.82, 2.24) is 19.6 Å². The topological polar surface area (TPSA) is 53.8 Å². The standard InChI is InChI=1S/C19H26N4O2/c24-19-15-21(14-18(19)22-8-10-25-11-9-22)12-16-4-1-2-5-17(16)13-23-7-3-6-20-23/h1-7,18-19,24H,8-15H2/t18-,19-/m1/s1. The Morgan fingerprint density at radius 3 is 2.52 bits per heavy atom. The van der Waals surface area contributed by atoms with E-state index in [0.29, 0.717) is 0 Å². The summed E-state index contributed by atoms with van der Waals surface area (Å²) in [4.78, 5) is 4.75. The summed E-state index contributed by atoms with van der Waals surface area (Å²) in [5.41, 5.74) is 2.60. The fourth-order valence-corrected chi connectivity index (χ4v) is 3.92. The Morgan fingerprint density at radius 2 is 1.80 bits per heavy atom. The van der Waals surface area contributed by atoms with Gasteiger partial charge in [0.05, 0.1) is 25.9 Å². The molecule has 1 aromatic heterocycles. The van der Waals surface area contributed by atoms with Crippen LogP contribution in [0.15, 0.2) is 42.7 Å². The second-order valence-corrected chi connectivity index (χ2v) is 6.95. The zero-order valence-corrected chi connectivity index (χ0v) is 14.5. The molecule has 4 rings (SSSR count). The van der Waals surface area contributed by atoms with Gasteiger partial charge < -0.3 is 9.84 Å². The average Bonchev–Trinajstić information content (AvgIpc) is 3.27. The van der Waals surface area contributed by atoms with E-state index < -0.39 is 0 Å². The molecule has 1 N–H and O–H groups in total. The summed E-state index contributed by atoms with van der Waals surface area (Å²) in [7, 11) is 0. The zero-order valence-electron chi connectivity index (χ0n) is 14.5. The van der Waals surface area contributed by atoms with Crippen molar-refractivity contribution in [3.63, 3.8) is 0 Å². The lowest BCUT2D eigenvalue weighted by Gasteiger charge is -2.33. The van der Waals surface area contributed by atoms with Crippen LogP contribution in [0.25, 0.3) is 0 Å². The molecule has 0 spiro atoms. The third-order valence-electron chi connectivity index (χ3n) is 5.25. The van der Waals surface area contributed by atoms with Crippen LogP contribution in [0.5, 0.6) is 0 Å². The van der Waals surface area contributed by atoms with Crippen LogP contribution in [0.2, 0.25) is 0 Å². The number of aromatic nitrogens is 2. The molecule has 3 heterocycles. The summed E-state index contributed by atoms with van der Waals surface area (Å²) in [6, 6.07) is 10.7. The Balaban J connectivity index is 1.42. The number of hydrogen-bond donors (Lipinski definition) is 1. The van der Waals surface area contributed by atoms with Gasteiger partial charge in [0, 0.05) is 51.2 Å². The van der Waals surface area contributed by atoms with Gasteiger partial charge in [-0.1, -0.05) is 24.3 Å². The van der Waals surface area contributed by atoms with Gasteiger partial charge in [0.1, 0.15) is 0 Å². The van der Waals surface area contributed by atoms with Gasteiger partial charge in [-0.05, 0) is 17.2 Å². The molecule has 0 unspecified atom stereocenters. The minimum absolute atomic E-state index is 0.224. The SMILES string of the molecule is O[C@@H]1CN(Cc2ccccc2Cn2cccn2)C[C@H]1N1CCOCC1. The molecule has 2 saturated heterocycles. The first-order chi connectivity index (χ1) is 12.3. The summed E-state index contributed by atoms with van der Waals surface area (Å²) in [6.45, 7) is 6.69. The zero-order chi connectivity index (χ0) is 17.1. The van der Waals surface area contributed by atoms with Crippen molar-refractivity contribution < 1.29 is 9.84 Å². The van der Waals surface area contributed by atoms with Crippen LogP contribution in [0, 0.1) is 0 Å². The van der Waals surface area contributed by atoms with Crippen LogP contribution in [0.4, 0.5) is 0 Å². The summed E-state index contributed by atoms with van der Waals surface area (Å²) in [5.74, 6) is 0. The average molecular weight is 342 g/mol. The van der Waals surface area contributed by atoms with Crippen molar-refractivity contribution in [3.05, 3.63) is 53.9 Å². The van der Waals surface area contributed by atoms with Gasteiger partial charge in [-0.15, -0.1) is 0 Å². The van der Waals surface area contributed by atoms with Crippen LogP contribution in [-0.4, -0.2) is 76.2 Å². The van der Waals surface area contributed by atoms with E-state index in [1.807, 2.05) is 23.1 Å². The maximum absolute atomic E-state index is 10.5. The van der Waals surface area contributed by atoms with E-state index >= 15 is 0 Å². The summed E-state index contributed by atoms with van der Waals surface area (Å²) in [6.07, 6.45) is 3.52. The minimum Gasteiger partial charge on any atom is -0.390 e. The molecule has 2 fully saturated rings. The van der Waals surface area contributed by atoms with Crippen LogP contribution in [0.1, 0.15) is 11.1 Å². The number of benzene rings is 1. The molecule has 2 aliphatic heterocycles. The Labute approximate surface area is 148 Å². The Morgan fingerprint density at radius 1 is 1.04 bits per heavy atom. The molecule has 2 aliphatic rings. The highest BCUT2D eigenvalue weighted by molar-refractivity contribution is 5.27. The number of aliphatic hydroxyl groups is 1. The van der Waals surface area contributed by atoms with Gasteiger partial charge in [-0.3, -0.25) is 14.5 Å². The molecular weight excluding hydrogens is 316 g/mol. The first-order valence-electron chi connectivity index (χ1n) is 9.06. The molecule has 1 aromatic carbocycles. The minimum atomic E-state index is -0.281. The van der Waals surface area contributed by atoms with Crippen molar-refractivity contribution in [2.75, 3.05) is 39.4 Å². The maximum Gasteiger partial charge on any atom is 0.0834 e. The van der Waals surface area contributed by atoms with E-state index in [0.717, 1.165) is 52.5 Å². The molecule has 0 amide bonds. The number of ether oxygens (including phenoxy) is 1. The van der Waals surface area contributed by atoms with Crippen LogP contribution >= 0.6 is 0 Å². The Bertz CT molecular complexity index is 670. The lowest BCUT2D eigenvalue weighted by molar-refractivity contribution is -0.00618. The fraction of sp³-hybridized carbons (Fsp3) is 0.526. The van der Waals surface area contributed by atoms with Crippen molar-refractivity contribution >= 4 is 0 Å². The molecule has 25 heavy (non-hydrogen) atoms. The van der Waals surface area contributed by atoms with Gasteiger partial charge in [0.15, 0.2) is 0 Å². The fourth-order valence-electron chi connectivity index (χ4n) is 3.92. The molecule has 0 aliphatic carbocycles. The molecule has 2 aromatic rings. The number of β-amino-alcohol motifs (C(OH)–C–C–N with tert-alkyl or cyclic N) is 1. The van der Waals surface area contributed by atoms with Crippen molar-refractivity contribution in [3.8, 4) is 0 Å². The van der Waals surface area contributed by atoms with Gasteiger partial charge in [-0.2, -0.15) is 5.10 Å².